The molecule has 0 amide bonds. The highest BCUT2D eigenvalue weighted by Crippen LogP contribution is 2.36. The average molecular weight is 425 g/mol. The van der Waals surface area contributed by atoms with Crippen LogP contribution in [0, 0.1) is 3.57 Å². The van der Waals surface area contributed by atoms with Crippen molar-refractivity contribution >= 4 is 28.6 Å². The molecule has 21 heavy (non-hydrogen) atoms. The number of nitrogens with zero attached hydrogens (tertiary/aromatic N) is 1. The number of alkyl halides is 5. The summed E-state index contributed by atoms with van der Waals surface area (Å²) in [6.45, 7) is 1.54. The molecule has 0 aromatic carbocycles. The van der Waals surface area contributed by atoms with Crippen molar-refractivity contribution < 1.29 is 36.2 Å². The van der Waals surface area contributed by atoms with Gasteiger partial charge in [-0.2, -0.15) is 0 Å². The molecule has 0 aliphatic rings. The summed E-state index contributed by atoms with van der Waals surface area (Å²) in [5.74, 6) is -1.74. The van der Waals surface area contributed by atoms with Crippen molar-refractivity contribution in [3.63, 3.8) is 0 Å². The van der Waals surface area contributed by atoms with Crippen LogP contribution < -0.4 is 4.74 Å². The van der Waals surface area contributed by atoms with Gasteiger partial charge in [-0.25, -0.2) is 8.78 Å². The molecule has 4 nitrogen and oxygen atoms in total. The van der Waals surface area contributed by atoms with E-state index in [1.165, 1.54) is 29.5 Å². The van der Waals surface area contributed by atoms with Gasteiger partial charge in [0.25, 0.3) is 6.43 Å². The van der Waals surface area contributed by atoms with Crippen molar-refractivity contribution in [2.75, 3.05) is 6.61 Å². The van der Waals surface area contributed by atoms with Crippen LogP contribution in [0.1, 0.15) is 24.6 Å². The first-order valence-electron chi connectivity index (χ1n) is 5.52. The van der Waals surface area contributed by atoms with Crippen LogP contribution in [-0.2, 0) is 16.0 Å². The molecule has 0 saturated heterocycles. The Labute approximate surface area is 129 Å². The molecule has 0 aliphatic carbocycles. The lowest BCUT2D eigenvalue weighted by molar-refractivity contribution is -0.275. The highest BCUT2D eigenvalue weighted by atomic mass is 127. The number of halogens is 6. The molecule has 10 heteroatoms. The number of carbonyl (C=O) groups excluding carboxylic acids is 1. The van der Waals surface area contributed by atoms with Gasteiger partial charge in [-0.05, 0) is 29.5 Å². The zero-order chi connectivity index (χ0) is 16.2. The number of hydrogen-bond donors (Lipinski definition) is 0. The van der Waals surface area contributed by atoms with E-state index in [4.69, 9.17) is 0 Å². The van der Waals surface area contributed by atoms with E-state index in [1.807, 2.05) is 0 Å². The molecule has 0 aliphatic heterocycles. The molecule has 0 atom stereocenters. The maximum absolute atomic E-state index is 12.7. The number of ether oxygens (including phenoxy) is 2. The summed E-state index contributed by atoms with van der Waals surface area (Å²) in [7, 11) is 0. The van der Waals surface area contributed by atoms with Crippen molar-refractivity contribution in [1.29, 1.82) is 0 Å². The molecule has 0 saturated carbocycles. The first kappa shape index (κ1) is 17.9. The monoisotopic (exact) mass is 425 g/mol. The molecular weight excluding hydrogens is 416 g/mol. The molecule has 1 heterocycles. The Kier molecular flexibility index (Phi) is 6.10. The predicted octanol–water partition coefficient (Wildman–Crippen LogP) is 3.63. The number of hydrogen-bond acceptors (Lipinski definition) is 4. The lowest BCUT2D eigenvalue weighted by Gasteiger charge is -2.16. The van der Waals surface area contributed by atoms with Crippen molar-refractivity contribution in [3.05, 3.63) is 21.0 Å². The van der Waals surface area contributed by atoms with E-state index in [1.54, 1.807) is 0 Å². The lowest BCUT2D eigenvalue weighted by atomic mass is 10.2. The fraction of sp³-hybridized carbons (Fsp3) is 0.455. The summed E-state index contributed by atoms with van der Waals surface area (Å²) in [5.41, 5.74) is -1.12. The Morgan fingerprint density at radius 2 is 2.05 bits per heavy atom. The number of pyridine rings is 1. The Morgan fingerprint density at radius 1 is 1.43 bits per heavy atom. The average Bonchev–Trinajstić information content (AvgIpc) is 2.32. The van der Waals surface area contributed by atoms with E-state index >= 15 is 0 Å². The molecule has 0 fully saturated rings. The molecule has 0 radical (unpaired) electrons. The SMILES string of the molecule is CCOC(=O)Cc1ncc(C(F)F)c(I)c1OC(F)(F)F. The Hall–Kier alpha value is -1.20. The predicted molar refractivity (Wildman–Crippen MR) is 68.9 cm³/mol. The van der Waals surface area contributed by atoms with E-state index in [-0.39, 0.29) is 6.61 Å². The Morgan fingerprint density at radius 3 is 2.52 bits per heavy atom. The molecule has 0 unspecified atom stereocenters. The zero-order valence-electron chi connectivity index (χ0n) is 10.5. The van der Waals surface area contributed by atoms with Crippen LogP contribution in [0.2, 0.25) is 0 Å². The third-order valence-corrected chi connectivity index (χ3v) is 3.26. The lowest BCUT2D eigenvalue weighted by Crippen LogP contribution is -2.21. The summed E-state index contributed by atoms with van der Waals surface area (Å²) in [4.78, 5) is 14.8. The van der Waals surface area contributed by atoms with Gasteiger partial charge in [0.15, 0.2) is 5.75 Å². The Bertz CT molecular complexity index is 521. The summed E-state index contributed by atoms with van der Waals surface area (Å²) >= 11 is 1.29. The molecule has 0 spiro atoms. The molecule has 0 N–H and O–H groups in total. The summed E-state index contributed by atoms with van der Waals surface area (Å²) in [6.07, 6.45) is -8.01. The fourth-order valence-corrected chi connectivity index (χ4v) is 2.16. The first-order chi connectivity index (χ1) is 9.65. The van der Waals surface area contributed by atoms with E-state index in [9.17, 15) is 26.7 Å². The van der Waals surface area contributed by atoms with Gasteiger partial charge in [0.1, 0.15) is 0 Å². The molecule has 0 bridgehead atoms. The smallest absolute Gasteiger partial charge is 0.466 e. The maximum Gasteiger partial charge on any atom is 0.573 e. The van der Waals surface area contributed by atoms with Crippen LogP contribution in [-0.4, -0.2) is 23.9 Å². The van der Waals surface area contributed by atoms with Gasteiger partial charge in [0.2, 0.25) is 0 Å². The fourth-order valence-electron chi connectivity index (χ4n) is 1.37. The van der Waals surface area contributed by atoms with Crippen LogP contribution in [0.5, 0.6) is 5.75 Å². The van der Waals surface area contributed by atoms with Gasteiger partial charge < -0.3 is 9.47 Å². The van der Waals surface area contributed by atoms with Crippen molar-refractivity contribution in [2.24, 2.45) is 0 Å². The molecule has 118 valence electrons. The van der Waals surface area contributed by atoms with Crippen molar-refractivity contribution in [1.82, 2.24) is 4.98 Å². The van der Waals surface area contributed by atoms with Gasteiger partial charge in [0, 0.05) is 6.20 Å². The summed E-state index contributed by atoms with van der Waals surface area (Å²) < 4.78 is 70.3. The molecule has 1 aromatic heterocycles. The van der Waals surface area contributed by atoms with Crippen LogP contribution in [0.15, 0.2) is 6.20 Å². The number of aromatic nitrogens is 1. The minimum atomic E-state index is -5.09. The topological polar surface area (TPSA) is 48.4 Å². The van der Waals surface area contributed by atoms with E-state index in [0.29, 0.717) is 6.20 Å². The third kappa shape index (κ3) is 5.25. The standard InChI is InChI=1S/C11H9F5INO3/c1-2-20-7(19)3-6-9(21-11(14,15)16)8(17)5(4-18-6)10(12)13/h4,10H,2-3H2,1H3. The van der Waals surface area contributed by atoms with Gasteiger partial charge in [-0.15, -0.1) is 13.2 Å². The molecular formula is C11H9F5INO3. The first-order valence-corrected chi connectivity index (χ1v) is 6.60. The highest BCUT2D eigenvalue weighted by molar-refractivity contribution is 14.1. The van der Waals surface area contributed by atoms with Crippen molar-refractivity contribution in [2.45, 2.75) is 26.1 Å². The van der Waals surface area contributed by atoms with Crippen LogP contribution in [0.4, 0.5) is 22.0 Å². The minimum absolute atomic E-state index is 0.0283. The van der Waals surface area contributed by atoms with E-state index in [0.717, 1.165) is 0 Å². The zero-order valence-corrected chi connectivity index (χ0v) is 12.7. The minimum Gasteiger partial charge on any atom is -0.466 e. The third-order valence-electron chi connectivity index (χ3n) is 2.14. The van der Waals surface area contributed by atoms with Crippen LogP contribution in [0.3, 0.4) is 0 Å². The largest absolute Gasteiger partial charge is 0.573 e. The molecule has 1 rings (SSSR count). The van der Waals surface area contributed by atoms with E-state index < -0.39 is 45.8 Å². The van der Waals surface area contributed by atoms with Gasteiger partial charge in [-0.1, -0.05) is 0 Å². The second kappa shape index (κ2) is 7.18. The number of esters is 1. The quantitative estimate of drug-likeness (QED) is 0.411. The van der Waals surface area contributed by atoms with E-state index in [2.05, 4.69) is 14.5 Å². The maximum atomic E-state index is 12.7. The van der Waals surface area contributed by atoms with Gasteiger partial charge in [-0.3, -0.25) is 9.78 Å². The van der Waals surface area contributed by atoms with Gasteiger partial charge in [0.05, 0.1) is 27.9 Å². The second-order valence-corrected chi connectivity index (χ2v) is 4.71. The van der Waals surface area contributed by atoms with Crippen molar-refractivity contribution in [3.8, 4) is 5.75 Å². The normalized spacial score (nSPS) is 11.6. The number of rotatable bonds is 5. The second-order valence-electron chi connectivity index (χ2n) is 3.63. The molecule has 1 aromatic rings. The highest BCUT2D eigenvalue weighted by Gasteiger charge is 2.35. The Balaban J connectivity index is 3.23. The van der Waals surface area contributed by atoms with Crippen LogP contribution >= 0.6 is 22.6 Å². The summed E-state index contributed by atoms with van der Waals surface area (Å²) in [6, 6.07) is 0. The summed E-state index contributed by atoms with van der Waals surface area (Å²) in [5, 5.41) is 0. The van der Waals surface area contributed by atoms with Crippen LogP contribution in [0.25, 0.3) is 0 Å². The van der Waals surface area contributed by atoms with Gasteiger partial charge >= 0.3 is 12.3 Å². The number of carbonyl (C=O) groups is 1.